The van der Waals surface area contributed by atoms with E-state index in [1.54, 1.807) is 0 Å². The van der Waals surface area contributed by atoms with Gasteiger partial charge in [0.25, 0.3) is 12.0 Å². The van der Waals surface area contributed by atoms with Crippen molar-refractivity contribution in [3.05, 3.63) is 33.2 Å². The Kier molecular flexibility index (Phi) is 4.00. The summed E-state index contributed by atoms with van der Waals surface area (Å²) in [6, 6.07) is 1.10. The van der Waals surface area contributed by atoms with E-state index in [0.717, 1.165) is 6.07 Å². The Balaban J connectivity index is 3.26. The predicted octanol–water partition coefficient (Wildman–Crippen LogP) is 1.68. The molecule has 1 aromatic rings. The number of rotatable bonds is 4. The Labute approximate surface area is 93.9 Å². The summed E-state index contributed by atoms with van der Waals surface area (Å²) in [5.41, 5.74) is -1.44. The van der Waals surface area contributed by atoms with Gasteiger partial charge in [-0.15, -0.1) is 11.6 Å². The number of aromatic amines is 1. The average molecular weight is 252 g/mol. The van der Waals surface area contributed by atoms with Crippen molar-refractivity contribution in [3.63, 3.8) is 0 Å². The van der Waals surface area contributed by atoms with E-state index < -0.39 is 30.1 Å². The molecular formula is C9H8ClF2NO3. The number of aliphatic carboxylic acids is 1. The number of H-pyrrole nitrogens is 1. The second-order valence-corrected chi connectivity index (χ2v) is 3.33. The van der Waals surface area contributed by atoms with Crippen molar-refractivity contribution >= 4 is 17.6 Å². The molecular weight excluding hydrogens is 244 g/mol. The number of halogens is 3. The molecule has 0 saturated heterocycles. The Morgan fingerprint density at radius 3 is 2.56 bits per heavy atom. The summed E-state index contributed by atoms with van der Waals surface area (Å²) in [5, 5.41) is 8.50. The van der Waals surface area contributed by atoms with E-state index in [9.17, 15) is 18.4 Å². The molecule has 0 unspecified atom stereocenters. The van der Waals surface area contributed by atoms with Gasteiger partial charge in [0.1, 0.15) is 0 Å². The highest BCUT2D eigenvalue weighted by Gasteiger charge is 2.16. The third-order valence-electron chi connectivity index (χ3n) is 1.94. The van der Waals surface area contributed by atoms with Crippen LogP contribution in [0.4, 0.5) is 8.78 Å². The lowest BCUT2D eigenvalue weighted by Gasteiger charge is -2.07. The van der Waals surface area contributed by atoms with Gasteiger partial charge in [0.05, 0.1) is 12.1 Å². The van der Waals surface area contributed by atoms with Crippen molar-refractivity contribution in [2.45, 2.75) is 18.7 Å². The molecule has 0 bridgehead atoms. The molecule has 0 aliphatic carbocycles. The lowest BCUT2D eigenvalue weighted by molar-refractivity contribution is -0.136. The number of hydrogen-bond donors (Lipinski definition) is 2. The van der Waals surface area contributed by atoms with Crippen LogP contribution in [-0.4, -0.2) is 16.1 Å². The number of pyridine rings is 1. The van der Waals surface area contributed by atoms with Crippen molar-refractivity contribution in [2.75, 3.05) is 0 Å². The molecule has 0 aromatic carbocycles. The molecule has 88 valence electrons. The highest BCUT2D eigenvalue weighted by Crippen LogP contribution is 2.21. The van der Waals surface area contributed by atoms with Crippen LogP contribution in [0.25, 0.3) is 0 Å². The summed E-state index contributed by atoms with van der Waals surface area (Å²) in [7, 11) is 0. The number of aromatic nitrogens is 1. The van der Waals surface area contributed by atoms with Gasteiger partial charge in [-0.05, 0) is 11.6 Å². The van der Waals surface area contributed by atoms with Crippen LogP contribution in [0.3, 0.4) is 0 Å². The zero-order chi connectivity index (χ0) is 12.3. The number of carboxylic acid groups (broad SMARTS) is 1. The summed E-state index contributed by atoms with van der Waals surface area (Å²) in [5.74, 6) is -1.43. The van der Waals surface area contributed by atoms with Gasteiger partial charge >= 0.3 is 5.97 Å². The van der Waals surface area contributed by atoms with Gasteiger partial charge in [-0.3, -0.25) is 9.59 Å². The van der Waals surface area contributed by atoms with Crippen LogP contribution in [0.5, 0.6) is 0 Å². The molecule has 0 spiro atoms. The number of carboxylic acids is 1. The first-order valence-corrected chi connectivity index (χ1v) is 4.80. The van der Waals surface area contributed by atoms with Gasteiger partial charge in [-0.1, -0.05) is 0 Å². The van der Waals surface area contributed by atoms with E-state index in [4.69, 9.17) is 16.7 Å². The van der Waals surface area contributed by atoms with Gasteiger partial charge in [0.2, 0.25) is 0 Å². The highest BCUT2D eigenvalue weighted by atomic mass is 35.5. The van der Waals surface area contributed by atoms with Crippen molar-refractivity contribution < 1.29 is 18.7 Å². The normalized spacial score (nSPS) is 10.8. The smallest absolute Gasteiger partial charge is 0.308 e. The van der Waals surface area contributed by atoms with E-state index in [2.05, 4.69) is 0 Å². The fraction of sp³-hybridized carbons (Fsp3) is 0.333. The Morgan fingerprint density at radius 2 is 2.12 bits per heavy atom. The minimum atomic E-state index is -2.85. The average Bonchev–Trinajstić information content (AvgIpc) is 2.19. The Bertz CT molecular complexity index is 459. The number of nitrogens with one attached hydrogen (secondary N) is 1. The molecule has 0 aliphatic heterocycles. The zero-order valence-corrected chi connectivity index (χ0v) is 8.72. The molecule has 0 amide bonds. The van der Waals surface area contributed by atoms with Crippen molar-refractivity contribution in [3.8, 4) is 0 Å². The summed E-state index contributed by atoms with van der Waals surface area (Å²) in [4.78, 5) is 23.6. The lowest BCUT2D eigenvalue weighted by Crippen LogP contribution is -2.19. The predicted molar refractivity (Wildman–Crippen MR) is 52.9 cm³/mol. The number of carbonyl (C=O) groups is 1. The van der Waals surface area contributed by atoms with Crippen LogP contribution in [0.15, 0.2) is 10.9 Å². The number of hydrogen-bond acceptors (Lipinski definition) is 2. The van der Waals surface area contributed by atoms with Crippen LogP contribution < -0.4 is 5.56 Å². The van der Waals surface area contributed by atoms with Gasteiger partial charge in [0, 0.05) is 11.4 Å². The monoisotopic (exact) mass is 251 g/mol. The summed E-state index contributed by atoms with van der Waals surface area (Å²) < 4.78 is 24.9. The molecule has 0 aliphatic rings. The van der Waals surface area contributed by atoms with Gasteiger partial charge in [0.15, 0.2) is 0 Å². The third-order valence-corrected chi connectivity index (χ3v) is 2.23. The van der Waals surface area contributed by atoms with Gasteiger partial charge in [-0.25, -0.2) is 8.78 Å². The summed E-state index contributed by atoms with van der Waals surface area (Å²) in [6.07, 6.45) is -3.37. The molecule has 0 atom stereocenters. The highest BCUT2D eigenvalue weighted by molar-refractivity contribution is 6.17. The lowest BCUT2D eigenvalue weighted by atomic mass is 10.1. The van der Waals surface area contributed by atoms with E-state index in [1.165, 1.54) is 0 Å². The topological polar surface area (TPSA) is 70.2 Å². The molecule has 0 saturated carbocycles. The molecule has 1 heterocycles. The zero-order valence-electron chi connectivity index (χ0n) is 7.97. The van der Waals surface area contributed by atoms with Crippen LogP contribution in [0.1, 0.15) is 23.2 Å². The largest absolute Gasteiger partial charge is 0.481 e. The van der Waals surface area contributed by atoms with Crippen LogP contribution in [-0.2, 0) is 17.1 Å². The summed E-state index contributed by atoms with van der Waals surface area (Å²) in [6.45, 7) is 0. The maximum atomic E-state index is 12.4. The van der Waals surface area contributed by atoms with Gasteiger partial charge < -0.3 is 10.1 Å². The van der Waals surface area contributed by atoms with E-state index in [1.807, 2.05) is 4.98 Å². The maximum Gasteiger partial charge on any atom is 0.308 e. The molecule has 7 heteroatoms. The first kappa shape index (κ1) is 12.6. The maximum absolute atomic E-state index is 12.4. The first-order chi connectivity index (χ1) is 7.45. The quantitative estimate of drug-likeness (QED) is 0.800. The summed E-state index contributed by atoms with van der Waals surface area (Å²) >= 11 is 5.43. The third kappa shape index (κ3) is 2.79. The fourth-order valence-corrected chi connectivity index (χ4v) is 1.46. The minimum Gasteiger partial charge on any atom is -0.481 e. The van der Waals surface area contributed by atoms with Crippen molar-refractivity contribution in [2.24, 2.45) is 0 Å². The van der Waals surface area contributed by atoms with Crippen LogP contribution >= 0.6 is 11.6 Å². The van der Waals surface area contributed by atoms with Gasteiger partial charge in [-0.2, -0.15) is 0 Å². The molecule has 4 nitrogen and oxygen atoms in total. The standard InChI is InChI=1S/C9H8ClF2NO3/c10-3-5-1-4(2-6(14)15)9(16)13-7(5)8(11)12/h1,8H,2-3H2,(H,13,16)(H,14,15). The second kappa shape index (κ2) is 5.07. The molecule has 16 heavy (non-hydrogen) atoms. The molecule has 1 aromatic heterocycles. The SMILES string of the molecule is O=C(O)Cc1cc(CCl)c(C(F)F)[nH]c1=O. The van der Waals surface area contributed by atoms with Crippen molar-refractivity contribution in [1.29, 1.82) is 0 Å². The molecule has 0 radical (unpaired) electrons. The Morgan fingerprint density at radius 1 is 1.50 bits per heavy atom. The van der Waals surface area contributed by atoms with Crippen LogP contribution in [0.2, 0.25) is 0 Å². The van der Waals surface area contributed by atoms with E-state index >= 15 is 0 Å². The Hall–Kier alpha value is -1.43. The molecule has 0 fully saturated rings. The number of alkyl halides is 3. The fourth-order valence-electron chi connectivity index (χ4n) is 1.24. The van der Waals surface area contributed by atoms with E-state index in [-0.39, 0.29) is 17.0 Å². The van der Waals surface area contributed by atoms with Crippen LogP contribution in [0, 0.1) is 0 Å². The van der Waals surface area contributed by atoms with E-state index in [0.29, 0.717) is 0 Å². The minimum absolute atomic E-state index is 0.0347. The first-order valence-electron chi connectivity index (χ1n) is 4.26. The molecule has 1 rings (SSSR count). The van der Waals surface area contributed by atoms with Crippen molar-refractivity contribution in [1.82, 2.24) is 4.98 Å². The second-order valence-electron chi connectivity index (χ2n) is 3.07. The molecule has 2 N–H and O–H groups in total.